The molecule has 0 bridgehead atoms. The number of nitrogens with one attached hydrogen (secondary N) is 1. The van der Waals surface area contributed by atoms with Gasteiger partial charge in [-0.15, -0.1) is 0 Å². The third kappa shape index (κ3) is 2.23. The van der Waals surface area contributed by atoms with Crippen LogP contribution < -0.4 is 0 Å². The lowest BCUT2D eigenvalue weighted by Crippen LogP contribution is -2.47. The second-order valence-corrected chi connectivity index (χ2v) is 6.11. The first-order valence-corrected chi connectivity index (χ1v) is 7.62. The van der Waals surface area contributed by atoms with Gasteiger partial charge in [0.15, 0.2) is 0 Å². The smallest absolute Gasteiger partial charge is 0.323 e. The Labute approximate surface area is 124 Å². The average Bonchev–Trinajstić information content (AvgIpc) is 3.05. The molecule has 0 radical (unpaired) electrons. The van der Waals surface area contributed by atoms with Crippen LogP contribution in [0.15, 0.2) is 24.4 Å². The molecule has 112 valence electrons. The zero-order valence-electron chi connectivity index (χ0n) is 12.6. The van der Waals surface area contributed by atoms with Crippen molar-refractivity contribution >= 4 is 16.9 Å². The zero-order valence-corrected chi connectivity index (χ0v) is 12.6. The van der Waals surface area contributed by atoms with Gasteiger partial charge in [-0.3, -0.25) is 9.69 Å². The Kier molecular flexibility index (Phi) is 3.49. The van der Waals surface area contributed by atoms with E-state index in [2.05, 4.69) is 35.0 Å². The van der Waals surface area contributed by atoms with Crippen LogP contribution in [0.5, 0.6) is 0 Å². The molecule has 0 saturated carbocycles. The van der Waals surface area contributed by atoms with Gasteiger partial charge in [0, 0.05) is 23.6 Å². The van der Waals surface area contributed by atoms with E-state index in [1.807, 2.05) is 13.1 Å². The predicted octanol–water partition coefficient (Wildman–Crippen LogP) is 3.17. The Morgan fingerprint density at radius 1 is 1.43 bits per heavy atom. The minimum atomic E-state index is -0.730. The first-order valence-electron chi connectivity index (χ1n) is 7.62. The van der Waals surface area contributed by atoms with E-state index in [-0.39, 0.29) is 0 Å². The first-order chi connectivity index (χ1) is 10.1. The lowest BCUT2D eigenvalue weighted by Gasteiger charge is -2.30. The number of H-pyrrole nitrogens is 1. The second-order valence-electron chi connectivity index (χ2n) is 6.11. The topological polar surface area (TPSA) is 56.3 Å². The summed E-state index contributed by atoms with van der Waals surface area (Å²) < 4.78 is 0. The maximum Gasteiger partial charge on any atom is 0.323 e. The number of fused-ring (bicyclic) bond motifs is 1. The third-order valence-electron chi connectivity index (χ3n) is 4.88. The number of aryl methyl sites for hydroxylation is 1. The van der Waals surface area contributed by atoms with E-state index < -0.39 is 11.5 Å². The van der Waals surface area contributed by atoms with Crippen molar-refractivity contribution in [2.24, 2.45) is 0 Å². The number of para-hydroxylation sites is 1. The number of aromatic nitrogens is 1. The molecule has 1 saturated heterocycles. The standard InChI is InChI=1S/C17H22N2O2/c1-3-12-6-4-7-14-13(10-18-15(12)14)11-19-9-5-8-17(19,2)16(20)21/h4,6-7,10,18H,3,5,8-9,11H2,1-2H3,(H,20,21). The number of likely N-dealkylation sites (tertiary alicyclic amines) is 1. The van der Waals surface area contributed by atoms with E-state index in [1.165, 1.54) is 22.0 Å². The van der Waals surface area contributed by atoms with Crippen molar-refractivity contribution in [3.63, 3.8) is 0 Å². The molecule has 1 aliphatic rings. The highest BCUT2D eigenvalue weighted by molar-refractivity contribution is 5.86. The molecule has 21 heavy (non-hydrogen) atoms. The fourth-order valence-corrected chi connectivity index (χ4v) is 3.42. The minimum Gasteiger partial charge on any atom is -0.480 e. The van der Waals surface area contributed by atoms with Gasteiger partial charge in [0.2, 0.25) is 0 Å². The first kappa shape index (κ1) is 14.1. The van der Waals surface area contributed by atoms with Gasteiger partial charge in [-0.25, -0.2) is 0 Å². The number of aromatic amines is 1. The number of hydrogen-bond donors (Lipinski definition) is 2. The molecule has 1 aromatic carbocycles. The van der Waals surface area contributed by atoms with Crippen LogP contribution in [0.1, 0.15) is 37.8 Å². The molecule has 1 unspecified atom stereocenters. The molecule has 3 rings (SSSR count). The molecular weight excluding hydrogens is 264 g/mol. The van der Waals surface area contributed by atoms with E-state index in [1.54, 1.807) is 0 Å². The fraction of sp³-hybridized carbons (Fsp3) is 0.471. The summed E-state index contributed by atoms with van der Waals surface area (Å²) in [5.41, 5.74) is 2.95. The summed E-state index contributed by atoms with van der Waals surface area (Å²) in [6, 6.07) is 6.34. The summed E-state index contributed by atoms with van der Waals surface area (Å²) in [4.78, 5) is 17.0. The van der Waals surface area contributed by atoms with Gasteiger partial charge in [-0.05, 0) is 43.9 Å². The fourth-order valence-electron chi connectivity index (χ4n) is 3.42. The molecule has 0 aliphatic carbocycles. The molecule has 1 fully saturated rings. The largest absolute Gasteiger partial charge is 0.480 e. The van der Waals surface area contributed by atoms with Gasteiger partial charge < -0.3 is 10.1 Å². The van der Waals surface area contributed by atoms with Crippen LogP contribution in [-0.4, -0.2) is 33.0 Å². The number of aliphatic carboxylic acids is 1. The zero-order chi connectivity index (χ0) is 15.0. The highest BCUT2D eigenvalue weighted by atomic mass is 16.4. The number of benzene rings is 1. The van der Waals surface area contributed by atoms with E-state index in [0.717, 1.165) is 25.8 Å². The Bertz CT molecular complexity index is 676. The Morgan fingerprint density at radius 3 is 2.95 bits per heavy atom. The quantitative estimate of drug-likeness (QED) is 0.907. The highest BCUT2D eigenvalue weighted by Crippen LogP contribution is 2.32. The van der Waals surface area contributed by atoms with Gasteiger partial charge in [0.25, 0.3) is 0 Å². The molecule has 2 N–H and O–H groups in total. The van der Waals surface area contributed by atoms with Gasteiger partial charge in [-0.2, -0.15) is 0 Å². The van der Waals surface area contributed by atoms with E-state index >= 15 is 0 Å². The van der Waals surface area contributed by atoms with Gasteiger partial charge in [0.1, 0.15) is 5.54 Å². The summed E-state index contributed by atoms with van der Waals surface area (Å²) in [5, 5.41) is 10.7. The predicted molar refractivity (Wildman–Crippen MR) is 83.4 cm³/mol. The molecular formula is C17H22N2O2. The molecule has 2 heterocycles. The van der Waals surface area contributed by atoms with Crippen molar-refractivity contribution in [2.75, 3.05) is 6.54 Å². The van der Waals surface area contributed by atoms with Crippen LogP contribution in [0.4, 0.5) is 0 Å². The summed E-state index contributed by atoms with van der Waals surface area (Å²) >= 11 is 0. The molecule has 0 amide bonds. The van der Waals surface area contributed by atoms with E-state index in [4.69, 9.17) is 0 Å². The molecule has 4 nitrogen and oxygen atoms in total. The van der Waals surface area contributed by atoms with Crippen molar-refractivity contribution in [3.8, 4) is 0 Å². The molecule has 0 spiro atoms. The minimum absolute atomic E-state index is 0.690. The van der Waals surface area contributed by atoms with Gasteiger partial charge in [0.05, 0.1) is 0 Å². The van der Waals surface area contributed by atoms with Crippen molar-refractivity contribution in [2.45, 2.75) is 45.2 Å². The lowest BCUT2D eigenvalue weighted by molar-refractivity contribution is -0.148. The van der Waals surface area contributed by atoms with Crippen molar-refractivity contribution in [1.29, 1.82) is 0 Å². The summed E-state index contributed by atoms with van der Waals surface area (Å²) in [6.45, 7) is 5.53. The van der Waals surface area contributed by atoms with Gasteiger partial charge >= 0.3 is 5.97 Å². The average molecular weight is 286 g/mol. The third-order valence-corrected chi connectivity index (χ3v) is 4.88. The Hall–Kier alpha value is -1.81. The number of carbonyl (C=O) groups is 1. The van der Waals surface area contributed by atoms with Crippen LogP contribution in [0.3, 0.4) is 0 Å². The number of hydrogen-bond acceptors (Lipinski definition) is 2. The normalized spacial score (nSPS) is 23.0. The maximum atomic E-state index is 11.6. The van der Waals surface area contributed by atoms with Crippen LogP contribution >= 0.6 is 0 Å². The molecule has 1 atom stereocenters. The summed E-state index contributed by atoms with van der Waals surface area (Å²) in [7, 11) is 0. The number of rotatable bonds is 4. The summed E-state index contributed by atoms with van der Waals surface area (Å²) in [5.74, 6) is -0.714. The van der Waals surface area contributed by atoms with Crippen molar-refractivity contribution < 1.29 is 9.90 Å². The van der Waals surface area contributed by atoms with Crippen LogP contribution in [0.25, 0.3) is 10.9 Å². The second kappa shape index (κ2) is 5.19. The van der Waals surface area contributed by atoms with E-state index in [9.17, 15) is 9.90 Å². The van der Waals surface area contributed by atoms with Gasteiger partial charge in [-0.1, -0.05) is 25.1 Å². The summed E-state index contributed by atoms with van der Waals surface area (Å²) in [6.07, 6.45) is 4.70. The lowest BCUT2D eigenvalue weighted by atomic mass is 9.98. The van der Waals surface area contributed by atoms with Crippen molar-refractivity contribution in [1.82, 2.24) is 9.88 Å². The number of nitrogens with zero attached hydrogens (tertiary/aromatic N) is 1. The Morgan fingerprint density at radius 2 is 2.24 bits per heavy atom. The molecule has 1 aliphatic heterocycles. The SMILES string of the molecule is CCc1cccc2c(CN3CCCC3(C)C(=O)O)c[nH]c12. The van der Waals surface area contributed by atoms with E-state index in [0.29, 0.717) is 6.54 Å². The maximum absolute atomic E-state index is 11.6. The monoisotopic (exact) mass is 286 g/mol. The Balaban J connectivity index is 1.94. The number of carboxylic acid groups (broad SMARTS) is 1. The molecule has 2 aromatic rings. The van der Waals surface area contributed by atoms with Crippen LogP contribution in [-0.2, 0) is 17.8 Å². The van der Waals surface area contributed by atoms with Crippen molar-refractivity contribution in [3.05, 3.63) is 35.5 Å². The number of carboxylic acids is 1. The highest BCUT2D eigenvalue weighted by Gasteiger charge is 2.43. The van der Waals surface area contributed by atoms with Crippen LogP contribution in [0.2, 0.25) is 0 Å². The molecule has 1 aromatic heterocycles. The molecule has 4 heteroatoms. The van der Waals surface area contributed by atoms with Crippen LogP contribution in [0, 0.1) is 0 Å².